The zero-order chi connectivity index (χ0) is 8.10. The van der Waals surface area contributed by atoms with Gasteiger partial charge in [0.25, 0.3) is 0 Å². The van der Waals surface area contributed by atoms with Crippen molar-refractivity contribution in [3.05, 3.63) is 23.8 Å². The van der Waals surface area contributed by atoms with E-state index >= 15 is 0 Å². The molecule has 0 aromatic heterocycles. The summed E-state index contributed by atoms with van der Waals surface area (Å²) in [6.07, 6.45) is 12.2. The van der Waals surface area contributed by atoms with Crippen molar-refractivity contribution >= 4 is 0 Å². The Morgan fingerprint density at radius 1 is 1.45 bits per heavy atom. The van der Waals surface area contributed by atoms with Crippen LogP contribution in [-0.4, -0.2) is 0 Å². The maximum absolute atomic E-state index is 2.45. The average Bonchev–Trinajstić information content (AvgIpc) is 2.06. The van der Waals surface area contributed by atoms with Gasteiger partial charge in [0.2, 0.25) is 0 Å². The molecule has 0 nitrogen and oxygen atoms in total. The minimum Gasteiger partial charge on any atom is -0.0837 e. The van der Waals surface area contributed by atoms with Gasteiger partial charge < -0.3 is 0 Å². The molecule has 0 spiro atoms. The van der Waals surface area contributed by atoms with Gasteiger partial charge in [-0.1, -0.05) is 44.1 Å². The Morgan fingerprint density at radius 2 is 2.27 bits per heavy atom. The third-order valence-corrected chi connectivity index (χ3v) is 2.29. The molecule has 1 aliphatic carbocycles. The number of rotatable bonds is 3. The van der Waals surface area contributed by atoms with Crippen molar-refractivity contribution in [2.45, 2.75) is 39.5 Å². The monoisotopic (exact) mass is 150 g/mol. The van der Waals surface area contributed by atoms with Crippen molar-refractivity contribution in [3.8, 4) is 0 Å². The number of allylic oxidation sites excluding steroid dienone is 4. The van der Waals surface area contributed by atoms with Crippen molar-refractivity contribution in [2.75, 3.05) is 0 Å². The second kappa shape index (κ2) is 4.38. The molecule has 0 aromatic rings. The molecule has 11 heavy (non-hydrogen) atoms. The van der Waals surface area contributed by atoms with E-state index in [0.29, 0.717) is 0 Å². The molecule has 1 atom stereocenters. The minimum atomic E-state index is 0.833. The smallest absolute Gasteiger partial charge is 0.0193 e. The third kappa shape index (κ3) is 2.53. The second-order valence-electron chi connectivity index (χ2n) is 3.28. The van der Waals surface area contributed by atoms with Gasteiger partial charge in [-0.25, -0.2) is 0 Å². The van der Waals surface area contributed by atoms with E-state index in [4.69, 9.17) is 0 Å². The van der Waals surface area contributed by atoms with Gasteiger partial charge in [-0.15, -0.1) is 0 Å². The fourth-order valence-electron chi connectivity index (χ4n) is 1.63. The summed E-state index contributed by atoms with van der Waals surface area (Å²) in [4.78, 5) is 0. The van der Waals surface area contributed by atoms with E-state index in [9.17, 15) is 0 Å². The number of hydrogen-bond acceptors (Lipinski definition) is 0. The normalized spacial score (nSPS) is 23.5. The van der Waals surface area contributed by atoms with Crippen LogP contribution in [0.5, 0.6) is 0 Å². The highest BCUT2D eigenvalue weighted by molar-refractivity contribution is 5.23. The van der Waals surface area contributed by atoms with Crippen molar-refractivity contribution < 1.29 is 0 Å². The third-order valence-electron chi connectivity index (χ3n) is 2.29. The Balaban J connectivity index is 2.47. The van der Waals surface area contributed by atoms with E-state index < -0.39 is 0 Å². The minimum absolute atomic E-state index is 0.833. The van der Waals surface area contributed by atoms with Gasteiger partial charge in [-0.3, -0.25) is 0 Å². The quantitative estimate of drug-likeness (QED) is 0.575. The SMILES string of the molecule is CCCC1C=C(CC)C=CC1. The van der Waals surface area contributed by atoms with Crippen molar-refractivity contribution in [1.29, 1.82) is 0 Å². The van der Waals surface area contributed by atoms with E-state index in [2.05, 4.69) is 32.1 Å². The first-order chi connectivity index (χ1) is 5.36. The lowest BCUT2D eigenvalue weighted by atomic mass is 9.92. The van der Waals surface area contributed by atoms with Crippen LogP contribution in [0.15, 0.2) is 23.8 Å². The van der Waals surface area contributed by atoms with Crippen LogP contribution in [0.2, 0.25) is 0 Å². The van der Waals surface area contributed by atoms with Gasteiger partial charge in [0, 0.05) is 0 Å². The molecule has 0 radical (unpaired) electrons. The highest BCUT2D eigenvalue weighted by Gasteiger charge is 2.06. The van der Waals surface area contributed by atoms with E-state index in [1.54, 1.807) is 0 Å². The first-order valence-corrected chi connectivity index (χ1v) is 4.74. The Morgan fingerprint density at radius 3 is 2.91 bits per heavy atom. The van der Waals surface area contributed by atoms with E-state index in [-0.39, 0.29) is 0 Å². The summed E-state index contributed by atoms with van der Waals surface area (Å²) >= 11 is 0. The molecule has 0 amide bonds. The molecule has 0 aromatic carbocycles. The van der Waals surface area contributed by atoms with E-state index in [1.807, 2.05) is 0 Å². The van der Waals surface area contributed by atoms with Crippen molar-refractivity contribution in [2.24, 2.45) is 5.92 Å². The topological polar surface area (TPSA) is 0 Å². The van der Waals surface area contributed by atoms with Gasteiger partial charge in [0.05, 0.1) is 0 Å². The van der Waals surface area contributed by atoms with Gasteiger partial charge in [-0.2, -0.15) is 0 Å². The predicted octanol–water partition coefficient (Wildman–Crippen LogP) is 3.70. The molecule has 1 aliphatic rings. The molecule has 0 bridgehead atoms. The lowest BCUT2D eigenvalue weighted by molar-refractivity contribution is 0.578. The zero-order valence-corrected chi connectivity index (χ0v) is 7.64. The lowest BCUT2D eigenvalue weighted by Crippen LogP contribution is -1.99. The summed E-state index contributed by atoms with van der Waals surface area (Å²) < 4.78 is 0. The summed E-state index contributed by atoms with van der Waals surface area (Å²) in [6, 6.07) is 0. The van der Waals surface area contributed by atoms with Gasteiger partial charge in [0.15, 0.2) is 0 Å². The molecule has 0 heteroatoms. The Kier molecular flexibility index (Phi) is 3.41. The van der Waals surface area contributed by atoms with Gasteiger partial charge >= 0.3 is 0 Å². The predicted molar refractivity (Wildman–Crippen MR) is 50.5 cm³/mol. The molecule has 0 saturated carbocycles. The summed E-state index contributed by atoms with van der Waals surface area (Å²) in [5.74, 6) is 0.833. The van der Waals surface area contributed by atoms with Crippen LogP contribution >= 0.6 is 0 Å². The van der Waals surface area contributed by atoms with Crippen molar-refractivity contribution in [1.82, 2.24) is 0 Å². The lowest BCUT2D eigenvalue weighted by Gasteiger charge is -2.14. The highest BCUT2D eigenvalue weighted by Crippen LogP contribution is 2.22. The first-order valence-electron chi connectivity index (χ1n) is 4.74. The molecule has 0 N–H and O–H groups in total. The van der Waals surface area contributed by atoms with Crippen LogP contribution in [0.3, 0.4) is 0 Å². The van der Waals surface area contributed by atoms with Crippen LogP contribution in [0, 0.1) is 5.92 Å². The molecule has 0 aliphatic heterocycles. The summed E-state index contributed by atoms with van der Waals surface area (Å²) in [6.45, 7) is 4.49. The largest absolute Gasteiger partial charge is 0.0837 e. The fourth-order valence-corrected chi connectivity index (χ4v) is 1.63. The summed E-state index contributed by atoms with van der Waals surface area (Å²) in [5, 5.41) is 0. The van der Waals surface area contributed by atoms with Crippen LogP contribution in [-0.2, 0) is 0 Å². The second-order valence-corrected chi connectivity index (χ2v) is 3.28. The maximum Gasteiger partial charge on any atom is -0.0193 e. The molecule has 0 heterocycles. The summed E-state index contributed by atoms with van der Waals surface area (Å²) in [7, 11) is 0. The summed E-state index contributed by atoms with van der Waals surface area (Å²) in [5.41, 5.74) is 1.52. The van der Waals surface area contributed by atoms with Crippen LogP contribution in [0.25, 0.3) is 0 Å². The standard InChI is InChI=1S/C11H18/c1-3-6-11-8-5-7-10(4-2)9-11/h5,7,9,11H,3-4,6,8H2,1-2H3. The molecule has 0 saturated heterocycles. The molecular formula is C11H18. The fraction of sp³-hybridized carbons (Fsp3) is 0.636. The van der Waals surface area contributed by atoms with Crippen molar-refractivity contribution in [3.63, 3.8) is 0 Å². The molecule has 62 valence electrons. The van der Waals surface area contributed by atoms with E-state index in [0.717, 1.165) is 5.92 Å². The highest BCUT2D eigenvalue weighted by atomic mass is 14.1. The van der Waals surface area contributed by atoms with Gasteiger partial charge in [-0.05, 0) is 25.2 Å². The van der Waals surface area contributed by atoms with Crippen LogP contribution < -0.4 is 0 Å². The Bertz CT molecular complexity index is 163. The Labute approximate surface area is 70.0 Å². The molecule has 0 fully saturated rings. The van der Waals surface area contributed by atoms with Crippen LogP contribution in [0.4, 0.5) is 0 Å². The molecule has 1 unspecified atom stereocenters. The molecule has 1 rings (SSSR count). The Hall–Kier alpha value is -0.520. The number of hydrogen-bond donors (Lipinski definition) is 0. The first kappa shape index (κ1) is 8.58. The zero-order valence-electron chi connectivity index (χ0n) is 7.64. The van der Waals surface area contributed by atoms with E-state index in [1.165, 1.54) is 31.3 Å². The average molecular weight is 150 g/mol. The van der Waals surface area contributed by atoms with Crippen LogP contribution in [0.1, 0.15) is 39.5 Å². The van der Waals surface area contributed by atoms with Gasteiger partial charge in [0.1, 0.15) is 0 Å². The molecular weight excluding hydrogens is 132 g/mol. The maximum atomic E-state index is 2.45.